The van der Waals surface area contributed by atoms with Crippen LogP contribution >= 0.6 is 0 Å². The molecular formula is C38H58F2O2. The van der Waals surface area contributed by atoms with Crippen molar-refractivity contribution in [3.8, 4) is 11.5 Å². The van der Waals surface area contributed by atoms with Gasteiger partial charge in [-0.1, -0.05) is 135 Å². The second kappa shape index (κ2) is 20.7. The zero-order valence-electron chi connectivity index (χ0n) is 26.7. The lowest BCUT2D eigenvalue weighted by atomic mass is 9.78. The van der Waals surface area contributed by atoms with Gasteiger partial charge in [0.15, 0.2) is 11.6 Å². The van der Waals surface area contributed by atoms with Crippen molar-refractivity contribution in [2.24, 2.45) is 11.8 Å². The minimum atomic E-state index is -0.923. The van der Waals surface area contributed by atoms with Gasteiger partial charge in [-0.15, -0.1) is 0 Å². The Bertz CT molecular complexity index is 966. The number of rotatable bonds is 22. The molecule has 2 aromatic carbocycles. The third kappa shape index (κ3) is 13.0. The van der Waals surface area contributed by atoms with Gasteiger partial charge in [0, 0.05) is 5.56 Å². The Kier molecular flexibility index (Phi) is 17.0. The Balaban J connectivity index is 1.30. The summed E-state index contributed by atoms with van der Waals surface area (Å²) < 4.78 is 40.7. The summed E-state index contributed by atoms with van der Waals surface area (Å²) in [6.45, 7) is 4.93. The molecule has 0 spiro atoms. The van der Waals surface area contributed by atoms with E-state index in [-0.39, 0.29) is 17.9 Å². The van der Waals surface area contributed by atoms with Gasteiger partial charge >= 0.3 is 0 Å². The lowest BCUT2D eigenvalue weighted by Crippen LogP contribution is -2.15. The first-order valence-corrected chi connectivity index (χ1v) is 17.4. The van der Waals surface area contributed by atoms with Crippen molar-refractivity contribution in [2.45, 2.75) is 149 Å². The molecule has 1 saturated carbocycles. The van der Waals surface area contributed by atoms with E-state index in [0.29, 0.717) is 12.4 Å². The lowest BCUT2D eigenvalue weighted by molar-refractivity contribution is 0.249. The first kappa shape index (κ1) is 34.4. The van der Waals surface area contributed by atoms with Crippen LogP contribution in [0.2, 0.25) is 0 Å². The Labute approximate surface area is 256 Å². The van der Waals surface area contributed by atoms with Crippen LogP contribution in [0.25, 0.3) is 0 Å². The van der Waals surface area contributed by atoms with Crippen molar-refractivity contribution in [2.75, 3.05) is 6.61 Å². The molecule has 3 rings (SSSR count). The molecule has 4 heteroatoms. The lowest BCUT2D eigenvalue weighted by Gasteiger charge is -2.28. The highest BCUT2D eigenvalue weighted by Crippen LogP contribution is 2.34. The molecular weight excluding hydrogens is 526 g/mol. The van der Waals surface area contributed by atoms with Crippen molar-refractivity contribution in [1.29, 1.82) is 0 Å². The number of hydrogen-bond donors (Lipinski definition) is 0. The van der Waals surface area contributed by atoms with E-state index in [2.05, 4.69) is 26.0 Å². The predicted octanol–water partition coefficient (Wildman–Crippen LogP) is 12.2. The first-order chi connectivity index (χ1) is 20.6. The Morgan fingerprint density at radius 3 is 1.81 bits per heavy atom. The molecule has 0 aliphatic heterocycles. The zero-order chi connectivity index (χ0) is 29.8. The maximum Gasteiger partial charge on any atom is 0.201 e. The highest BCUT2D eigenvalue weighted by Gasteiger charge is 2.20. The average Bonchev–Trinajstić information content (AvgIpc) is 3.01. The van der Waals surface area contributed by atoms with Crippen LogP contribution in [0.3, 0.4) is 0 Å². The van der Waals surface area contributed by atoms with Gasteiger partial charge in [0.25, 0.3) is 0 Å². The molecule has 0 N–H and O–H groups in total. The van der Waals surface area contributed by atoms with E-state index < -0.39 is 11.6 Å². The summed E-state index contributed by atoms with van der Waals surface area (Å²) in [5, 5.41) is 0. The van der Waals surface area contributed by atoms with Gasteiger partial charge in [0.1, 0.15) is 12.4 Å². The van der Waals surface area contributed by atoms with Crippen molar-refractivity contribution in [3.63, 3.8) is 0 Å². The van der Waals surface area contributed by atoms with Gasteiger partial charge in [-0.3, -0.25) is 0 Å². The van der Waals surface area contributed by atoms with E-state index in [4.69, 9.17) is 9.47 Å². The second-order valence-electron chi connectivity index (χ2n) is 12.7. The summed E-state index contributed by atoms with van der Waals surface area (Å²) in [5.74, 6) is 0.665. The summed E-state index contributed by atoms with van der Waals surface area (Å²) in [4.78, 5) is 0. The quantitative estimate of drug-likeness (QED) is 0.128. The van der Waals surface area contributed by atoms with Gasteiger partial charge in [-0.05, 0) is 60.9 Å². The minimum absolute atomic E-state index is 0.0116. The summed E-state index contributed by atoms with van der Waals surface area (Å²) >= 11 is 0. The van der Waals surface area contributed by atoms with Crippen LogP contribution in [0.5, 0.6) is 11.5 Å². The Morgan fingerprint density at radius 2 is 1.17 bits per heavy atom. The first-order valence-electron chi connectivity index (χ1n) is 17.4. The molecule has 2 nitrogen and oxygen atoms in total. The summed E-state index contributed by atoms with van der Waals surface area (Å²) in [6, 6.07) is 11.2. The van der Waals surface area contributed by atoms with E-state index in [9.17, 15) is 8.78 Å². The number of aryl methyl sites for hydroxylation is 1. The molecule has 236 valence electrons. The molecule has 0 atom stereocenters. The van der Waals surface area contributed by atoms with E-state index in [1.54, 1.807) is 6.07 Å². The molecule has 1 aliphatic rings. The van der Waals surface area contributed by atoms with Crippen molar-refractivity contribution >= 4 is 0 Å². The Hall–Kier alpha value is -2.10. The fourth-order valence-corrected chi connectivity index (χ4v) is 6.34. The van der Waals surface area contributed by atoms with E-state index in [1.807, 2.05) is 12.1 Å². The predicted molar refractivity (Wildman–Crippen MR) is 172 cm³/mol. The van der Waals surface area contributed by atoms with Crippen LogP contribution in [-0.2, 0) is 13.0 Å². The van der Waals surface area contributed by atoms with E-state index in [1.165, 1.54) is 121 Å². The highest BCUT2D eigenvalue weighted by atomic mass is 19.2. The number of unbranched alkanes of at least 4 members (excludes halogenated alkanes) is 11. The van der Waals surface area contributed by atoms with Crippen molar-refractivity contribution in [1.82, 2.24) is 0 Å². The third-order valence-corrected chi connectivity index (χ3v) is 9.22. The van der Waals surface area contributed by atoms with Crippen LogP contribution in [-0.4, -0.2) is 6.61 Å². The average molecular weight is 585 g/mol. The Morgan fingerprint density at radius 1 is 0.595 bits per heavy atom. The zero-order valence-corrected chi connectivity index (χ0v) is 26.7. The SMILES string of the molecule is CCCCCCCCCCCCOc1ccc(COc2ccc(CCC3CCC(CCCCC)CC3)cc2)c(F)c1F. The number of benzene rings is 2. The summed E-state index contributed by atoms with van der Waals surface area (Å²) in [6.07, 6.45) is 25.7. The fourth-order valence-electron chi connectivity index (χ4n) is 6.34. The molecule has 0 aromatic heterocycles. The number of halogens is 2. The van der Waals surface area contributed by atoms with E-state index in [0.717, 1.165) is 31.1 Å². The largest absolute Gasteiger partial charge is 0.490 e. The van der Waals surface area contributed by atoms with Gasteiger partial charge in [-0.2, -0.15) is 4.39 Å². The second-order valence-corrected chi connectivity index (χ2v) is 12.7. The monoisotopic (exact) mass is 584 g/mol. The van der Waals surface area contributed by atoms with Crippen LogP contribution in [0.1, 0.15) is 147 Å². The molecule has 42 heavy (non-hydrogen) atoms. The fraction of sp³-hybridized carbons (Fsp3) is 0.684. The normalized spacial score (nSPS) is 17.0. The standard InChI is InChI=1S/C38H58F2O2/c1-3-5-7-8-9-10-11-12-13-15-29-41-36-28-25-34(37(39)38(36)40)30-42-35-26-23-33(24-27-35)22-21-32-19-17-31(18-20-32)16-14-6-4-2/h23-28,31-32H,3-22,29-30H2,1-2H3. The molecule has 1 fully saturated rings. The highest BCUT2D eigenvalue weighted by molar-refractivity contribution is 5.32. The maximum absolute atomic E-state index is 14.7. The number of hydrogen-bond acceptors (Lipinski definition) is 2. The molecule has 0 bridgehead atoms. The molecule has 0 heterocycles. The maximum atomic E-state index is 14.7. The summed E-state index contributed by atoms with van der Waals surface area (Å²) in [7, 11) is 0. The molecule has 0 saturated heterocycles. The van der Waals surface area contributed by atoms with Gasteiger partial charge < -0.3 is 9.47 Å². The topological polar surface area (TPSA) is 18.5 Å². The molecule has 0 unspecified atom stereocenters. The van der Waals surface area contributed by atoms with Crippen molar-refractivity contribution < 1.29 is 18.3 Å². The minimum Gasteiger partial charge on any atom is -0.490 e. The van der Waals surface area contributed by atoms with Crippen LogP contribution in [0, 0.1) is 23.5 Å². The molecule has 2 aromatic rings. The van der Waals surface area contributed by atoms with Crippen LogP contribution in [0.4, 0.5) is 8.78 Å². The molecule has 0 radical (unpaired) electrons. The smallest absolute Gasteiger partial charge is 0.201 e. The van der Waals surface area contributed by atoms with Crippen LogP contribution < -0.4 is 9.47 Å². The molecule has 0 amide bonds. The number of ether oxygens (including phenoxy) is 2. The van der Waals surface area contributed by atoms with E-state index >= 15 is 0 Å². The van der Waals surface area contributed by atoms with Gasteiger partial charge in [-0.25, -0.2) is 4.39 Å². The summed E-state index contributed by atoms with van der Waals surface area (Å²) in [5.41, 5.74) is 1.52. The van der Waals surface area contributed by atoms with Gasteiger partial charge in [0.2, 0.25) is 5.82 Å². The van der Waals surface area contributed by atoms with Gasteiger partial charge in [0.05, 0.1) is 6.61 Å². The van der Waals surface area contributed by atoms with Crippen LogP contribution in [0.15, 0.2) is 36.4 Å². The molecule has 1 aliphatic carbocycles. The van der Waals surface area contributed by atoms with Crippen molar-refractivity contribution in [3.05, 3.63) is 59.2 Å². The third-order valence-electron chi connectivity index (χ3n) is 9.22.